The standard InChI is InChI=1S/C14H13FIN/c1-10(11-2-6-13(16)7-3-11)17-14-8-4-12(15)5-9-14/h2-10,17H,1H3. The molecule has 1 nitrogen and oxygen atoms in total. The first-order valence-electron chi connectivity index (χ1n) is 5.43. The van der Waals surface area contributed by atoms with E-state index in [-0.39, 0.29) is 11.9 Å². The molecule has 2 aromatic rings. The van der Waals surface area contributed by atoms with E-state index in [2.05, 4.69) is 59.1 Å². The molecule has 0 saturated carbocycles. The Hall–Kier alpha value is -1.10. The fourth-order valence-corrected chi connectivity index (χ4v) is 1.99. The van der Waals surface area contributed by atoms with Gasteiger partial charge in [-0.05, 0) is 71.5 Å². The number of benzene rings is 2. The maximum atomic E-state index is 12.8. The largest absolute Gasteiger partial charge is 0.379 e. The lowest BCUT2D eigenvalue weighted by Gasteiger charge is -2.15. The van der Waals surface area contributed by atoms with Crippen molar-refractivity contribution < 1.29 is 4.39 Å². The molecule has 3 heteroatoms. The highest BCUT2D eigenvalue weighted by Crippen LogP contribution is 2.20. The summed E-state index contributed by atoms with van der Waals surface area (Å²) in [6.07, 6.45) is 0. The molecular formula is C14H13FIN. The second-order valence-electron chi connectivity index (χ2n) is 3.92. The molecule has 0 aromatic heterocycles. The van der Waals surface area contributed by atoms with Crippen LogP contribution in [0.15, 0.2) is 48.5 Å². The zero-order chi connectivity index (χ0) is 12.3. The summed E-state index contributed by atoms with van der Waals surface area (Å²) in [5, 5.41) is 3.34. The van der Waals surface area contributed by atoms with Gasteiger partial charge < -0.3 is 5.32 Å². The van der Waals surface area contributed by atoms with E-state index in [1.807, 2.05) is 0 Å². The van der Waals surface area contributed by atoms with Gasteiger partial charge in [0, 0.05) is 15.3 Å². The van der Waals surface area contributed by atoms with Crippen LogP contribution in [0.25, 0.3) is 0 Å². The van der Waals surface area contributed by atoms with Gasteiger partial charge in [-0.1, -0.05) is 12.1 Å². The monoisotopic (exact) mass is 341 g/mol. The predicted octanol–water partition coefficient (Wildman–Crippen LogP) is 4.60. The summed E-state index contributed by atoms with van der Waals surface area (Å²) in [4.78, 5) is 0. The minimum Gasteiger partial charge on any atom is -0.379 e. The third-order valence-corrected chi connectivity index (χ3v) is 3.32. The van der Waals surface area contributed by atoms with Crippen LogP contribution >= 0.6 is 22.6 Å². The average Bonchev–Trinajstić information content (AvgIpc) is 2.33. The van der Waals surface area contributed by atoms with Gasteiger partial charge in [-0.2, -0.15) is 0 Å². The van der Waals surface area contributed by atoms with Gasteiger partial charge in [-0.3, -0.25) is 0 Å². The van der Waals surface area contributed by atoms with Crippen molar-refractivity contribution in [3.8, 4) is 0 Å². The number of rotatable bonds is 3. The third kappa shape index (κ3) is 3.43. The SMILES string of the molecule is CC(Nc1ccc(F)cc1)c1ccc(I)cc1. The molecule has 0 bridgehead atoms. The number of halogens is 2. The Balaban J connectivity index is 2.08. The van der Waals surface area contributed by atoms with Gasteiger partial charge in [-0.25, -0.2) is 4.39 Å². The lowest BCUT2D eigenvalue weighted by atomic mass is 10.1. The minimum absolute atomic E-state index is 0.206. The molecule has 2 rings (SSSR count). The summed E-state index contributed by atoms with van der Waals surface area (Å²) in [5.41, 5.74) is 2.15. The Morgan fingerprint density at radius 2 is 1.59 bits per heavy atom. The molecule has 0 saturated heterocycles. The van der Waals surface area contributed by atoms with Gasteiger partial charge in [-0.15, -0.1) is 0 Å². The summed E-state index contributed by atoms with van der Waals surface area (Å²) >= 11 is 2.29. The first-order valence-corrected chi connectivity index (χ1v) is 6.50. The van der Waals surface area contributed by atoms with Crippen molar-refractivity contribution in [3.05, 3.63) is 63.5 Å². The molecular weight excluding hydrogens is 328 g/mol. The van der Waals surface area contributed by atoms with Crippen LogP contribution in [0.4, 0.5) is 10.1 Å². The van der Waals surface area contributed by atoms with Crippen LogP contribution in [0, 0.1) is 9.39 Å². The maximum Gasteiger partial charge on any atom is 0.123 e. The van der Waals surface area contributed by atoms with Crippen molar-refractivity contribution in [2.75, 3.05) is 5.32 Å². The lowest BCUT2D eigenvalue weighted by Crippen LogP contribution is -2.06. The third-order valence-electron chi connectivity index (χ3n) is 2.60. The van der Waals surface area contributed by atoms with Crippen LogP contribution in [-0.2, 0) is 0 Å². The summed E-state index contributed by atoms with van der Waals surface area (Å²) in [6.45, 7) is 2.09. The number of hydrogen-bond acceptors (Lipinski definition) is 1. The van der Waals surface area contributed by atoms with Crippen molar-refractivity contribution in [1.29, 1.82) is 0 Å². The first-order chi connectivity index (χ1) is 8.15. The summed E-state index contributed by atoms with van der Waals surface area (Å²) in [5.74, 6) is -0.211. The molecule has 1 N–H and O–H groups in total. The Morgan fingerprint density at radius 1 is 1.00 bits per heavy atom. The van der Waals surface area contributed by atoms with E-state index >= 15 is 0 Å². The van der Waals surface area contributed by atoms with Gasteiger partial charge in [0.05, 0.1) is 0 Å². The van der Waals surface area contributed by atoms with E-state index in [1.54, 1.807) is 12.1 Å². The molecule has 88 valence electrons. The molecule has 0 heterocycles. The fraction of sp³-hybridized carbons (Fsp3) is 0.143. The van der Waals surface area contributed by atoms with E-state index < -0.39 is 0 Å². The lowest BCUT2D eigenvalue weighted by molar-refractivity contribution is 0.628. The smallest absolute Gasteiger partial charge is 0.123 e. The Labute approximate surface area is 114 Å². The van der Waals surface area contributed by atoms with Gasteiger partial charge in [0.25, 0.3) is 0 Å². The van der Waals surface area contributed by atoms with Gasteiger partial charge in [0.1, 0.15) is 5.82 Å². The summed E-state index contributed by atoms with van der Waals surface area (Å²) in [7, 11) is 0. The molecule has 0 aliphatic rings. The van der Waals surface area contributed by atoms with E-state index in [0.29, 0.717) is 0 Å². The Bertz CT molecular complexity index is 479. The quantitative estimate of drug-likeness (QED) is 0.805. The maximum absolute atomic E-state index is 12.8. The zero-order valence-corrected chi connectivity index (χ0v) is 11.6. The van der Waals surface area contributed by atoms with Crippen molar-refractivity contribution in [2.45, 2.75) is 13.0 Å². The minimum atomic E-state index is -0.211. The van der Waals surface area contributed by atoms with Gasteiger partial charge in [0.2, 0.25) is 0 Å². The number of hydrogen-bond donors (Lipinski definition) is 1. The highest BCUT2D eigenvalue weighted by atomic mass is 127. The fourth-order valence-electron chi connectivity index (χ4n) is 1.63. The molecule has 0 aliphatic heterocycles. The molecule has 0 spiro atoms. The van der Waals surface area contributed by atoms with Crippen LogP contribution in [-0.4, -0.2) is 0 Å². The normalized spacial score (nSPS) is 12.2. The van der Waals surface area contributed by atoms with E-state index in [1.165, 1.54) is 21.3 Å². The highest BCUT2D eigenvalue weighted by Gasteiger charge is 2.04. The molecule has 2 aromatic carbocycles. The first kappa shape index (κ1) is 12.4. The second-order valence-corrected chi connectivity index (χ2v) is 5.17. The molecule has 1 atom stereocenters. The van der Waals surface area contributed by atoms with Crippen LogP contribution in [0.5, 0.6) is 0 Å². The Morgan fingerprint density at radius 3 is 2.18 bits per heavy atom. The topological polar surface area (TPSA) is 12.0 Å². The predicted molar refractivity (Wildman–Crippen MR) is 77.6 cm³/mol. The van der Waals surface area contributed by atoms with Crippen molar-refractivity contribution >= 4 is 28.3 Å². The number of nitrogens with one attached hydrogen (secondary N) is 1. The van der Waals surface area contributed by atoms with Crippen LogP contribution in [0.2, 0.25) is 0 Å². The van der Waals surface area contributed by atoms with Crippen LogP contribution in [0.3, 0.4) is 0 Å². The molecule has 0 amide bonds. The molecule has 0 radical (unpaired) electrons. The molecule has 17 heavy (non-hydrogen) atoms. The van der Waals surface area contributed by atoms with Crippen molar-refractivity contribution in [3.63, 3.8) is 0 Å². The van der Waals surface area contributed by atoms with Crippen molar-refractivity contribution in [2.24, 2.45) is 0 Å². The van der Waals surface area contributed by atoms with Crippen molar-refractivity contribution in [1.82, 2.24) is 0 Å². The van der Waals surface area contributed by atoms with E-state index in [0.717, 1.165) is 5.69 Å². The average molecular weight is 341 g/mol. The molecule has 1 unspecified atom stereocenters. The van der Waals surface area contributed by atoms with E-state index in [4.69, 9.17) is 0 Å². The zero-order valence-electron chi connectivity index (χ0n) is 9.45. The highest BCUT2D eigenvalue weighted by molar-refractivity contribution is 14.1. The van der Waals surface area contributed by atoms with Crippen LogP contribution < -0.4 is 5.32 Å². The Kier molecular flexibility index (Phi) is 3.99. The summed E-state index contributed by atoms with van der Waals surface area (Å²) in [6, 6.07) is 15.0. The van der Waals surface area contributed by atoms with E-state index in [9.17, 15) is 4.39 Å². The van der Waals surface area contributed by atoms with Crippen LogP contribution in [0.1, 0.15) is 18.5 Å². The second kappa shape index (κ2) is 5.49. The molecule has 0 aliphatic carbocycles. The van der Waals surface area contributed by atoms with Gasteiger partial charge >= 0.3 is 0 Å². The number of anilines is 1. The molecule has 0 fully saturated rings. The summed E-state index contributed by atoms with van der Waals surface area (Å²) < 4.78 is 14.0. The van der Waals surface area contributed by atoms with Gasteiger partial charge in [0.15, 0.2) is 0 Å².